The molecule has 8 heteroatoms. The zero-order chi connectivity index (χ0) is 14.5. The molecule has 116 valence electrons. The third kappa shape index (κ3) is 4.05. The highest BCUT2D eigenvalue weighted by Gasteiger charge is 2.21. The summed E-state index contributed by atoms with van der Waals surface area (Å²) in [5.41, 5.74) is 0.274. The summed E-state index contributed by atoms with van der Waals surface area (Å²) < 4.78 is 4.98. The van der Waals surface area contributed by atoms with Crippen LogP contribution in [0, 0.1) is 10.1 Å². The van der Waals surface area contributed by atoms with Gasteiger partial charge in [-0.25, -0.2) is 0 Å². The first kappa shape index (κ1) is 17.2. The zero-order valence-corrected chi connectivity index (χ0v) is 12.5. The molecule has 0 atom stereocenters. The molecule has 0 radical (unpaired) electrons. The lowest BCUT2D eigenvalue weighted by Crippen LogP contribution is -2.34. The Bertz CT molecular complexity index is 516. The van der Waals surface area contributed by atoms with E-state index in [9.17, 15) is 14.9 Å². The van der Waals surface area contributed by atoms with E-state index in [1.54, 1.807) is 4.90 Å². The number of carbonyl (C=O) groups is 1. The van der Waals surface area contributed by atoms with E-state index in [1.165, 1.54) is 25.3 Å². The van der Waals surface area contributed by atoms with Crippen molar-refractivity contribution in [3.63, 3.8) is 0 Å². The first-order chi connectivity index (χ1) is 9.63. The Morgan fingerprint density at radius 3 is 2.81 bits per heavy atom. The smallest absolute Gasteiger partial charge is 0.310 e. The van der Waals surface area contributed by atoms with E-state index in [4.69, 9.17) is 4.74 Å². The van der Waals surface area contributed by atoms with Crippen LogP contribution >= 0.6 is 12.4 Å². The van der Waals surface area contributed by atoms with Crippen molar-refractivity contribution in [1.29, 1.82) is 0 Å². The van der Waals surface area contributed by atoms with E-state index < -0.39 is 4.92 Å². The number of hydrogen-bond acceptors (Lipinski definition) is 5. The molecule has 2 rings (SSSR count). The lowest BCUT2D eigenvalue weighted by atomic mass is 10.1. The maximum absolute atomic E-state index is 12.4. The molecule has 0 aromatic heterocycles. The number of halogens is 1. The number of nitrogens with one attached hydrogen (secondary N) is 1. The third-order valence-corrected chi connectivity index (χ3v) is 3.25. The van der Waals surface area contributed by atoms with Crippen molar-refractivity contribution in [3.05, 3.63) is 33.9 Å². The first-order valence-electron chi connectivity index (χ1n) is 6.46. The Labute approximate surface area is 128 Å². The molecule has 7 nitrogen and oxygen atoms in total. The predicted molar refractivity (Wildman–Crippen MR) is 80.3 cm³/mol. The molecule has 1 saturated heterocycles. The number of nitro groups is 1. The van der Waals surface area contributed by atoms with Gasteiger partial charge < -0.3 is 15.0 Å². The van der Waals surface area contributed by atoms with Crippen LogP contribution in [-0.2, 0) is 0 Å². The fraction of sp³-hybridized carbons (Fsp3) is 0.462. The molecule has 1 aliphatic heterocycles. The van der Waals surface area contributed by atoms with E-state index >= 15 is 0 Å². The molecule has 21 heavy (non-hydrogen) atoms. The van der Waals surface area contributed by atoms with E-state index in [0.29, 0.717) is 18.7 Å². The molecule has 1 N–H and O–H groups in total. The van der Waals surface area contributed by atoms with Crippen LogP contribution in [0.1, 0.15) is 16.8 Å². The van der Waals surface area contributed by atoms with Gasteiger partial charge in [0.05, 0.1) is 12.0 Å². The summed E-state index contributed by atoms with van der Waals surface area (Å²) >= 11 is 0. The normalized spacial score (nSPS) is 14.8. The number of nitro benzene ring substituents is 1. The average molecular weight is 316 g/mol. The van der Waals surface area contributed by atoms with Crippen molar-refractivity contribution >= 4 is 24.0 Å². The minimum absolute atomic E-state index is 0. The number of methoxy groups -OCH3 is 1. The molecule has 1 amide bonds. The second-order valence-corrected chi connectivity index (χ2v) is 4.54. The number of amides is 1. The van der Waals surface area contributed by atoms with E-state index in [0.717, 1.165) is 19.5 Å². The van der Waals surface area contributed by atoms with Crippen LogP contribution in [0.5, 0.6) is 5.75 Å². The van der Waals surface area contributed by atoms with E-state index in [2.05, 4.69) is 5.32 Å². The number of rotatable bonds is 3. The Morgan fingerprint density at radius 1 is 1.38 bits per heavy atom. The summed E-state index contributed by atoms with van der Waals surface area (Å²) in [6.45, 7) is 2.98. The molecule has 1 heterocycles. The largest absolute Gasteiger partial charge is 0.490 e. The maximum Gasteiger partial charge on any atom is 0.310 e. The Hall–Kier alpha value is -1.86. The van der Waals surface area contributed by atoms with E-state index in [1.807, 2.05) is 0 Å². The Morgan fingerprint density at radius 2 is 2.14 bits per heavy atom. The minimum Gasteiger partial charge on any atom is -0.490 e. The van der Waals surface area contributed by atoms with Gasteiger partial charge in [0.1, 0.15) is 0 Å². The summed E-state index contributed by atoms with van der Waals surface area (Å²) in [6.07, 6.45) is 0.899. The molecule has 1 aromatic rings. The summed E-state index contributed by atoms with van der Waals surface area (Å²) in [5, 5.41) is 14.1. The molecule has 1 fully saturated rings. The van der Waals surface area contributed by atoms with Crippen LogP contribution in [0.4, 0.5) is 5.69 Å². The lowest BCUT2D eigenvalue weighted by Gasteiger charge is -2.20. The molecule has 1 aliphatic rings. The number of nitrogens with zero attached hydrogens (tertiary/aromatic N) is 2. The molecular formula is C13H18ClN3O4. The fourth-order valence-corrected chi connectivity index (χ4v) is 2.19. The number of ether oxygens (including phenoxy) is 1. The van der Waals surface area contributed by atoms with Crippen molar-refractivity contribution in [1.82, 2.24) is 10.2 Å². The van der Waals surface area contributed by atoms with Gasteiger partial charge in [0.25, 0.3) is 5.91 Å². The van der Waals surface area contributed by atoms with Crippen LogP contribution in [0.25, 0.3) is 0 Å². The van der Waals surface area contributed by atoms with Gasteiger partial charge in [-0.3, -0.25) is 14.9 Å². The van der Waals surface area contributed by atoms with Gasteiger partial charge in [0.15, 0.2) is 5.75 Å². The summed E-state index contributed by atoms with van der Waals surface area (Å²) in [4.78, 5) is 24.4. The number of carbonyl (C=O) groups excluding carboxylic acids is 1. The molecule has 1 aromatic carbocycles. The monoisotopic (exact) mass is 315 g/mol. The van der Waals surface area contributed by atoms with Crippen molar-refractivity contribution in [2.45, 2.75) is 6.42 Å². The highest BCUT2D eigenvalue weighted by molar-refractivity contribution is 5.95. The van der Waals surface area contributed by atoms with Gasteiger partial charge in [0, 0.05) is 37.3 Å². The van der Waals surface area contributed by atoms with Gasteiger partial charge in [-0.05, 0) is 19.0 Å². The highest BCUT2D eigenvalue weighted by Crippen LogP contribution is 2.28. The van der Waals surface area contributed by atoms with Crippen molar-refractivity contribution < 1.29 is 14.5 Å². The van der Waals surface area contributed by atoms with Crippen LogP contribution in [0.15, 0.2) is 18.2 Å². The second kappa shape index (κ2) is 7.80. The standard InChI is InChI=1S/C13H17N3O4.ClH/c1-20-12-9-10(3-4-11(12)16(18)19)13(17)15-7-2-5-14-6-8-15;/h3-4,9,14H,2,5-8H2,1H3;1H. The van der Waals surface area contributed by atoms with Gasteiger partial charge in [-0.1, -0.05) is 0 Å². The predicted octanol–water partition coefficient (Wildman–Crippen LogP) is 1.46. The SMILES string of the molecule is COc1cc(C(=O)N2CCCNCC2)ccc1[N+](=O)[O-].Cl. The van der Waals surface area contributed by atoms with Gasteiger partial charge in [-0.2, -0.15) is 0 Å². The molecule has 0 aliphatic carbocycles. The zero-order valence-electron chi connectivity index (χ0n) is 11.7. The van der Waals surface area contributed by atoms with Crippen molar-refractivity contribution in [3.8, 4) is 5.75 Å². The number of hydrogen-bond donors (Lipinski definition) is 1. The quantitative estimate of drug-likeness (QED) is 0.674. The van der Waals surface area contributed by atoms with Crippen LogP contribution in [-0.4, -0.2) is 49.0 Å². The molecule has 0 unspecified atom stereocenters. The summed E-state index contributed by atoms with van der Waals surface area (Å²) in [7, 11) is 1.35. The van der Waals surface area contributed by atoms with Gasteiger partial charge in [0.2, 0.25) is 0 Å². The maximum atomic E-state index is 12.4. The average Bonchev–Trinajstić information content (AvgIpc) is 2.74. The molecule has 0 spiro atoms. The van der Waals surface area contributed by atoms with Crippen LogP contribution in [0.2, 0.25) is 0 Å². The summed E-state index contributed by atoms with van der Waals surface area (Å²) in [6, 6.07) is 4.21. The fourth-order valence-electron chi connectivity index (χ4n) is 2.19. The first-order valence-corrected chi connectivity index (χ1v) is 6.46. The lowest BCUT2D eigenvalue weighted by molar-refractivity contribution is -0.385. The van der Waals surface area contributed by atoms with Crippen LogP contribution in [0.3, 0.4) is 0 Å². The second-order valence-electron chi connectivity index (χ2n) is 4.54. The van der Waals surface area contributed by atoms with Crippen molar-refractivity contribution in [2.24, 2.45) is 0 Å². The molecule has 0 bridgehead atoms. The Kier molecular flexibility index (Phi) is 6.39. The van der Waals surface area contributed by atoms with Crippen LogP contribution < -0.4 is 10.1 Å². The topological polar surface area (TPSA) is 84.7 Å². The molecule has 0 saturated carbocycles. The van der Waals surface area contributed by atoms with Gasteiger partial charge in [-0.15, -0.1) is 12.4 Å². The minimum atomic E-state index is -0.525. The molecular weight excluding hydrogens is 298 g/mol. The summed E-state index contributed by atoms with van der Waals surface area (Å²) in [5.74, 6) is -0.0179. The highest BCUT2D eigenvalue weighted by atomic mass is 35.5. The van der Waals surface area contributed by atoms with Crippen molar-refractivity contribution in [2.75, 3.05) is 33.3 Å². The Balaban J connectivity index is 0.00000220. The van der Waals surface area contributed by atoms with Gasteiger partial charge >= 0.3 is 5.69 Å². The van der Waals surface area contributed by atoms with E-state index in [-0.39, 0.29) is 29.8 Å². The third-order valence-electron chi connectivity index (χ3n) is 3.25. The number of benzene rings is 1.